The Bertz CT molecular complexity index is 1440. The first-order valence-corrected chi connectivity index (χ1v) is 13.1. The average molecular weight is 540 g/mol. The molecule has 2 unspecified atom stereocenters. The second-order valence-corrected chi connectivity index (χ2v) is 9.77. The normalized spacial score (nSPS) is 17.1. The SMILES string of the molecule is O=C1CCC(N2Cc3cc(CNC(=O)C(CNC(=O)Nc4ccccc4)c4ccccc4)ccc3C2=O)C(=O)N1. The molecule has 0 spiro atoms. The van der Waals surface area contributed by atoms with Gasteiger partial charge in [0.2, 0.25) is 17.7 Å². The molecule has 0 saturated carbocycles. The summed E-state index contributed by atoms with van der Waals surface area (Å²) in [5.41, 5.74) is 3.48. The van der Waals surface area contributed by atoms with Crippen molar-refractivity contribution in [2.24, 2.45) is 0 Å². The van der Waals surface area contributed by atoms with Gasteiger partial charge in [-0.1, -0.05) is 60.7 Å². The second kappa shape index (κ2) is 11.8. The molecule has 10 nitrogen and oxygen atoms in total. The summed E-state index contributed by atoms with van der Waals surface area (Å²) in [4.78, 5) is 63.9. The number of nitrogens with zero attached hydrogens (tertiary/aromatic N) is 1. The van der Waals surface area contributed by atoms with E-state index in [1.54, 1.807) is 24.3 Å². The number of hydrogen-bond acceptors (Lipinski definition) is 5. The summed E-state index contributed by atoms with van der Waals surface area (Å²) in [7, 11) is 0. The van der Waals surface area contributed by atoms with Gasteiger partial charge in [0, 0.05) is 37.3 Å². The van der Waals surface area contributed by atoms with Gasteiger partial charge in [-0.25, -0.2) is 4.79 Å². The molecule has 2 heterocycles. The lowest BCUT2D eigenvalue weighted by Crippen LogP contribution is -2.52. The maximum Gasteiger partial charge on any atom is 0.319 e. The third-order valence-electron chi connectivity index (χ3n) is 7.07. The van der Waals surface area contributed by atoms with E-state index in [0.717, 1.165) is 16.7 Å². The van der Waals surface area contributed by atoms with Gasteiger partial charge in [-0.3, -0.25) is 24.5 Å². The van der Waals surface area contributed by atoms with E-state index in [0.29, 0.717) is 17.7 Å². The van der Waals surface area contributed by atoms with Crippen LogP contribution in [0.3, 0.4) is 0 Å². The molecule has 204 valence electrons. The van der Waals surface area contributed by atoms with Crippen LogP contribution in [-0.4, -0.2) is 47.1 Å². The number of para-hydroxylation sites is 1. The van der Waals surface area contributed by atoms with E-state index in [-0.39, 0.29) is 43.8 Å². The first-order valence-electron chi connectivity index (χ1n) is 13.1. The van der Waals surface area contributed by atoms with Crippen LogP contribution < -0.4 is 21.3 Å². The van der Waals surface area contributed by atoms with Crippen molar-refractivity contribution in [3.05, 3.63) is 101 Å². The molecular formula is C30H29N5O5. The molecule has 4 N–H and O–H groups in total. The van der Waals surface area contributed by atoms with E-state index in [1.165, 1.54) is 4.90 Å². The molecule has 1 fully saturated rings. The Morgan fingerprint density at radius 1 is 0.925 bits per heavy atom. The molecule has 5 rings (SSSR count). The maximum atomic E-state index is 13.3. The zero-order valence-corrected chi connectivity index (χ0v) is 21.7. The minimum Gasteiger partial charge on any atom is -0.351 e. The van der Waals surface area contributed by atoms with E-state index in [9.17, 15) is 24.0 Å². The molecule has 2 atom stereocenters. The van der Waals surface area contributed by atoms with Crippen molar-refractivity contribution >= 4 is 35.3 Å². The predicted molar refractivity (Wildman–Crippen MR) is 147 cm³/mol. The van der Waals surface area contributed by atoms with Crippen LogP contribution in [0, 0.1) is 0 Å². The van der Waals surface area contributed by atoms with Crippen LogP contribution in [0.4, 0.5) is 10.5 Å². The Morgan fingerprint density at radius 2 is 1.65 bits per heavy atom. The molecule has 2 aliphatic heterocycles. The van der Waals surface area contributed by atoms with E-state index < -0.39 is 23.9 Å². The van der Waals surface area contributed by atoms with Crippen LogP contribution in [0.25, 0.3) is 0 Å². The summed E-state index contributed by atoms with van der Waals surface area (Å²) >= 11 is 0. The number of piperidine rings is 1. The van der Waals surface area contributed by atoms with Gasteiger partial charge in [0.1, 0.15) is 6.04 Å². The summed E-state index contributed by atoms with van der Waals surface area (Å²) in [5.74, 6) is -1.91. The van der Waals surface area contributed by atoms with E-state index >= 15 is 0 Å². The van der Waals surface area contributed by atoms with Crippen LogP contribution in [-0.2, 0) is 27.5 Å². The second-order valence-electron chi connectivity index (χ2n) is 9.77. The van der Waals surface area contributed by atoms with Crippen molar-refractivity contribution in [3.63, 3.8) is 0 Å². The smallest absolute Gasteiger partial charge is 0.319 e. The van der Waals surface area contributed by atoms with Gasteiger partial charge < -0.3 is 20.9 Å². The number of nitrogens with one attached hydrogen (secondary N) is 4. The van der Waals surface area contributed by atoms with Gasteiger partial charge in [-0.15, -0.1) is 0 Å². The van der Waals surface area contributed by atoms with Crippen molar-refractivity contribution < 1.29 is 24.0 Å². The molecule has 3 aromatic rings. The average Bonchev–Trinajstić information content (AvgIpc) is 3.28. The fourth-order valence-electron chi connectivity index (χ4n) is 4.99. The minimum atomic E-state index is -0.682. The van der Waals surface area contributed by atoms with E-state index in [1.807, 2.05) is 54.6 Å². The van der Waals surface area contributed by atoms with Crippen molar-refractivity contribution in [2.75, 3.05) is 11.9 Å². The first-order chi connectivity index (χ1) is 19.4. The number of anilines is 1. The predicted octanol–water partition coefficient (Wildman–Crippen LogP) is 2.67. The van der Waals surface area contributed by atoms with E-state index in [4.69, 9.17) is 0 Å². The summed E-state index contributed by atoms with van der Waals surface area (Å²) < 4.78 is 0. The van der Waals surface area contributed by atoms with Gasteiger partial charge in [0.05, 0.1) is 5.92 Å². The van der Waals surface area contributed by atoms with Crippen molar-refractivity contribution in [2.45, 2.75) is 37.9 Å². The lowest BCUT2D eigenvalue weighted by Gasteiger charge is -2.29. The summed E-state index contributed by atoms with van der Waals surface area (Å²) in [6.07, 6.45) is 0.491. The Balaban J connectivity index is 1.22. The fourth-order valence-corrected chi connectivity index (χ4v) is 4.99. The fraction of sp³-hybridized carbons (Fsp3) is 0.233. The quantitative estimate of drug-likeness (QED) is 0.326. The van der Waals surface area contributed by atoms with Crippen LogP contribution >= 0.6 is 0 Å². The van der Waals surface area contributed by atoms with Crippen LogP contribution in [0.5, 0.6) is 0 Å². The first kappa shape index (κ1) is 26.6. The lowest BCUT2D eigenvalue weighted by atomic mass is 9.98. The number of rotatable bonds is 8. The maximum absolute atomic E-state index is 13.3. The lowest BCUT2D eigenvalue weighted by molar-refractivity contribution is -0.137. The summed E-state index contributed by atoms with van der Waals surface area (Å²) in [6, 6.07) is 22.5. The summed E-state index contributed by atoms with van der Waals surface area (Å²) in [6.45, 7) is 0.571. The number of urea groups is 1. The number of carbonyl (C=O) groups is 5. The number of imide groups is 1. The number of benzene rings is 3. The minimum absolute atomic E-state index is 0.0914. The molecule has 0 aromatic heterocycles. The molecule has 0 radical (unpaired) electrons. The number of hydrogen-bond donors (Lipinski definition) is 4. The summed E-state index contributed by atoms with van der Waals surface area (Å²) in [5, 5.41) is 10.8. The standard InChI is InChI=1S/C30H29N5O5/c36-26-14-13-25(28(38)34-26)35-18-21-15-19(11-12-23(21)29(35)39)16-31-27(37)24(20-7-3-1-4-8-20)17-32-30(40)33-22-9-5-2-6-10-22/h1-12,15,24-25H,13-14,16-18H2,(H,31,37)(H2,32,33,40)(H,34,36,38). The molecule has 0 bridgehead atoms. The number of carbonyl (C=O) groups excluding carboxylic acids is 5. The van der Waals surface area contributed by atoms with Crippen LogP contribution in [0.15, 0.2) is 78.9 Å². The Hall–Kier alpha value is -4.99. The topological polar surface area (TPSA) is 137 Å². The largest absolute Gasteiger partial charge is 0.351 e. The third-order valence-corrected chi connectivity index (χ3v) is 7.07. The van der Waals surface area contributed by atoms with E-state index in [2.05, 4.69) is 21.3 Å². The molecular weight excluding hydrogens is 510 g/mol. The van der Waals surface area contributed by atoms with Crippen LogP contribution in [0.1, 0.15) is 45.8 Å². The Labute approximate surface area is 231 Å². The number of fused-ring (bicyclic) bond motifs is 1. The number of amides is 6. The van der Waals surface area contributed by atoms with Crippen LogP contribution in [0.2, 0.25) is 0 Å². The molecule has 3 aromatic carbocycles. The van der Waals surface area contributed by atoms with Gasteiger partial charge in [0.15, 0.2) is 0 Å². The molecule has 10 heteroatoms. The van der Waals surface area contributed by atoms with Gasteiger partial charge in [0.25, 0.3) is 5.91 Å². The highest BCUT2D eigenvalue weighted by molar-refractivity contribution is 6.05. The van der Waals surface area contributed by atoms with Crippen molar-refractivity contribution in [1.29, 1.82) is 0 Å². The zero-order valence-electron chi connectivity index (χ0n) is 21.7. The highest BCUT2D eigenvalue weighted by atomic mass is 16.2. The molecule has 0 aliphatic carbocycles. The monoisotopic (exact) mass is 539 g/mol. The zero-order chi connectivity index (χ0) is 28.1. The van der Waals surface area contributed by atoms with Crippen molar-refractivity contribution in [3.8, 4) is 0 Å². The molecule has 2 aliphatic rings. The molecule has 1 saturated heterocycles. The van der Waals surface area contributed by atoms with Gasteiger partial charge in [-0.2, -0.15) is 0 Å². The highest BCUT2D eigenvalue weighted by Crippen LogP contribution is 2.28. The molecule has 40 heavy (non-hydrogen) atoms. The van der Waals surface area contributed by atoms with Gasteiger partial charge >= 0.3 is 6.03 Å². The van der Waals surface area contributed by atoms with Crippen molar-refractivity contribution in [1.82, 2.24) is 20.9 Å². The Kier molecular flexibility index (Phi) is 7.86. The third kappa shape index (κ3) is 6.01. The molecule has 6 amide bonds. The highest BCUT2D eigenvalue weighted by Gasteiger charge is 2.39. The Morgan fingerprint density at radius 3 is 2.38 bits per heavy atom. The van der Waals surface area contributed by atoms with Gasteiger partial charge in [-0.05, 0) is 41.3 Å².